The van der Waals surface area contributed by atoms with Gasteiger partial charge in [-0.1, -0.05) is 31.2 Å². The minimum absolute atomic E-state index is 0.0418. The fourth-order valence-corrected chi connectivity index (χ4v) is 1.56. The van der Waals surface area contributed by atoms with Gasteiger partial charge >= 0.3 is 0 Å². The molecule has 1 aromatic rings. The maximum absolute atomic E-state index is 6.99. The second-order valence-corrected chi connectivity index (χ2v) is 4.04. The van der Waals surface area contributed by atoms with Crippen molar-refractivity contribution in [1.29, 1.82) is 5.41 Å². The molecule has 0 spiro atoms. The Morgan fingerprint density at radius 2 is 1.82 bits per heavy atom. The first-order chi connectivity index (χ1) is 8.22. The van der Waals surface area contributed by atoms with Crippen molar-refractivity contribution >= 4 is 5.96 Å². The lowest BCUT2D eigenvalue weighted by atomic mass is 10.1. The van der Waals surface area contributed by atoms with Crippen molar-refractivity contribution in [3.63, 3.8) is 0 Å². The second-order valence-electron chi connectivity index (χ2n) is 4.04. The van der Waals surface area contributed by atoms with Gasteiger partial charge in [-0.3, -0.25) is 5.41 Å². The monoisotopic (exact) mass is 234 g/mol. The van der Waals surface area contributed by atoms with E-state index in [2.05, 4.69) is 41.8 Å². The van der Waals surface area contributed by atoms with E-state index in [0.29, 0.717) is 0 Å². The highest BCUT2D eigenvalue weighted by molar-refractivity contribution is 5.74. The summed E-state index contributed by atoms with van der Waals surface area (Å²) < 4.78 is 0. The average molecular weight is 234 g/mol. The molecule has 0 heterocycles. The largest absolute Gasteiger partial charge is 0.370 e. The summed E-state index contributed by atoms with van der Waals surface area (Å²) >= 11 is 0. The van der Waals surface area contributed by atoms with Crippen LogP contribution < -0.4 is 16.4 Å². The van der Waals surface area contributed by atoms with Crippen molar-refractivity contribution in [3.8, 4) is 0 Å². The van der Waals surface area contributed by atoms with Crippen LogP contribution in [-0.4, -0.2) is 19.0 Å². The molecule has 0 atom stereocenters. The predicted molar refractivity (Wildman–Crippen MR) is 72.1 cm³/mol. The van der Waals surface area contributed by atoms with E-state index in [0.717, 1.165) is 32.5 Å². The molecule has 17 heavy (non-hydrogen) atoms. The smallest absolute Gasteiger partial charge is 0.185 e. The molecule has 0 saturated heterocycles. The molecular weight excluding hydrogens is 212 g/mol. The van der Waals surface area contributed by atoms with Crippen LogP contribution in [0.4, 0.5) is 0 Å². The lowest BCUT2D eigenvalue weighted by Gasteiger charge is -2.06. The molecule has 94 valence electrons. The molecule has 5 N–H and O–H groups in total. The Kier molecular flexibility index (Phi) is 6.10. The van der Waals surface area contributed by atoms with Gasteiger partial charge in [0.2, 0.25) is 0 Å². The third-order valence-corrected chi connectivity index (χ3v) is 2.61. The molecule has 0 saturated carbocycles. The Morgan fingerprint density at radius 1 is 1.18 bits per heavy atom. The number of hydrogen-bond donors (Lipinski definition) is 4. The van der Waals surface area contributed by atoms with E-state index < -0.39 is 0 Å². The quantitative estimate of drug-likeness (QED) is 0.325. The van der Waals surface area contributed by atoms with Gasteiger partial charge in [-0.05, 0) is 30.5 Å². The zero-order valence-corrected chi connectivity index (χ0v) is 10.4. The molecule has 0 aliphatic heterocycles. The number of nitrogens with one attached hydrogen (secondary N) is 3. The normalized spacial score (nSPS) is 10.2. The van der Waals surface area contributed by atoms with Gasteiger partial charge in [0.05, 0.1) is 0 Å². The fourth-order valence-electron chi connectivity index (χ4n) is 1.56. The summed E-state index contributed by atoms with van der Waals surface area (Å²) in [4.78, 5) is 0. The van der Waals surface area contributed by atoms with Crippen LogP contribution >= 0.6 is 0 Å². The highest BCUT2D eigenvalue weighted by atomic mass is 15.0. The number of benzene rings is 1. The summed E-state index contributed by atoms with van der Waals surface area (Å²) in [5, 5.41) is 13.1. The number of guanidine groups is 1. The third-order valence-electron chi connectivity index (χ3n) is 2.61. The van der Waals surface area contributed by atoms with Crippen molar-refractivity contribution in [2.24, 2.45) is 5.73 Å². The zero-order chi connectivity index (χ0) is 12.5. The lowest BCUT2D eigenvalue weighted by molar-refractivity contribution is 0.639. The Balaban J connectivity index is 2.11. The standard InChI is InChI=1S/C13H22N4/c1-2-11-4-6-12(7-5-11)10-16-8-3-9-17-13(14)15/h4-7,16H,2-3,8-10H2,1H3,(H4,14,15,17). The van der Waals surface area contributed by atoms with Crippen molar-refractivity contribution in [2.45, 2.75) is 26.3 Å². The van der Waals surface area contributed by atoms with Gasteiger partial charge in [-0.25, -0.2) is 0 Å². The van der Waals surface area contributed by atoms with E-state index in [4.69, 9.17) is 11.1 Å². The van der Waals surface area contributed by atoms with Crippen LogP contribution in [0.25, 0.3) is 0 Å². The summed E-state index contributed by atoms with van der Waals surface area (Å²) in [5.41, 5.74) is 7.86. The summed E-state index contributed by atoms with van der Waals surface area (Å²) in [5.74, 6) is 0.0418. The topological polar surface area (TPSA) is 73.9 Å². The summed E-state index contributed by atoms with van der Waals surface area (Å²) in [6, 6.07) is 8.68. The molecule has 0 bridgehead atoms. The first kappa shape index (κ1) is 13.5. The van der Waals surface area contributed by atoms with E-state index in [1.165, 1.54) is 11.1 Å². The van der Waals surface area contributed by atoms with Gasteiger partial charge in [0.25, 0.3) is 0 Å². The van der Waals surface area contributed by atoms with Crippen LogP contribution in [0.3, 0.4) is 0 Å². The van der Waals surface area contributed by atoms with Crippen molar-refractivity contribution in [3.05, 3.63) is 35.4 Å². The third kappa shape index (κ3) is 5.92. The molecular formula is C13H22N4. The van der Waals surface area contributed by atoms with E-state index in [9.17, 15) is 0 Å². The highest BCUT2D eigenvalue weighted by Gasteiger charge is 1.93. The Morgan fingerprint density at radius 3 is 2.41 bits per heavy atom. The highest BCUT2D eigenvalue weighted by Crippen LogP contribution is 2.04. The molecule has 1 aromatic carbocycles. The van der Waals surface area contributed by atoms with Crippen LogP contribution in [0.1, 0.15) is 24.5 Å². The van der Waals surface area contributed by atoms with Crippen LogP contribution in [-0.2, 0) is 13.0 Å². The Hall–Kier alpha value is -1.55. The molecule has 4 heteroatoms. The lowest BCUT2D eigenvalue weighted by Crippen LogP contribution is -2.32. The zero-order valence-electron chi connectivity index (χ0n) is 10.4. The minimum atomic E-state index is 0.0418. The Labute approximate surface area is 103 Å². The molecule has 1 rings (SSSR count). The van der Waals surface area contributed by atoms with Crippen molar-refractivity contribution in [2.75, 3.05) is 13.1 Å². The van der Waals surface area contributed by atoms with Gasteiger partial charge in [0.15, 0.2) is 5.96 Å². The van der Waals surface area contributed by atoms with Crippen LogP contribution in [0.15, 0.2) is 24.3 Å². The molecule has 0 radical (unpaired) electrons. The number of aryl methyl sites for hydroxylation is 1. The number of rotatable bonds is 7. The number of hydrogen-bond acceptors (Lipinski definition) is 2. The van der Waals surface area contributed by atoms with Gasteiger partial charge in [-0.15, -0.1) is 0 Å². The average Bonchev–Trinajstić information content (AvgIpc) is 2.34. The molecule has 4 nitrogen and oxygen atoms in total. The Bertz CT molecular complexity index is 332. The van der Waals surface area contributed by atoms with Crippen LogP contribution in [0.5, 0.6) is 0 Å². The fraction of sp³-hybridized carbons (Fsp3) is 0.462. The molecule has 0 fully saturated rings. The number of nitrogens with two attached hydrogens (primary N) is 1. The van der Waals surface area contributed by atoms with Gasteiger partial charge < -0.3 is 16.4 Å². The summed E-state index contributed by atoms with van der Waals surface area (Å²) in [6.07, 6.45) is 2.05. The van der Waals surface area contributed by atoms with Crippen LogP contribution in [0, 0.1) is 5.41 Å². The first-order valence-electron chi connectivity index (χ1n) is 6.08. The maximum atomic E-state index is 6.99. The van der Waals surface area contributed by atoms with E-state index >= 15 is 0 Å². The molecule has 0 aliphatic rings. The SMILES string of the molecule is CCc1ccc(CNCCCNC(=N)N)cc1. The minimum Gasteiger partial charge on any atom is -0.370 e. The van der Waals surface area contributed by atoms with Gasteiger partial charge in [0.1, 0.15) is 0 Å². The van der Waals surface area contributed by atoms with E-state index in [-0.39, 0.29) is 5.96 Å². The van der Waals surface area contributed by atoms with E-state index in [1.807, 2.05) is 0 Å². The van der Waals surface area contributed by atoms with Crippen LogP contribution in [0.2, 0.25) is 0 Å². The summed E-state index contributed by atoms with van der Waals surface area (Å²) in [7, 11) is 0. The maximum Gasteiger partial charge on any atom is 0.185 e. The second kappa shape index (κ2) is 7.68. The van der Waals surface area contributed by atoms with Gasteiger partial charge in [0, 0.05) is 13.1 Å². The van der Waals surface area contributed by atoms with E-state index in [1.54, 1.807) is 0 Å². The van der Waals surface area contributed by atoms with Gasteiger partial charge in [-0.2, -0.15) is 0 Å². The molecule has 0 aromatic heterocycles. The molecule has 0 amide bonds. The predicted octanol–water partition coefficient (Wildman–Crippen LogP) is 1.21. The van der Waals surface area contributed by atoms with Crippen molar-refractivity contribution < 1.29 is 0 Å². The van der Waals surface area contributed by atoms with Crippen molar-refractivity contribution in [1.82, 2.24) is 10.6 Å². The summed E-state index contributed by atoms with van der Waals surface area (Å²) in [6.45, 7) is 4.73. The molecule has 0 aliphatic carbocycles. The first-order valence-corrected chi connectivity index (χ1v) is 6.08. The molecule has 0 unspecified atom stereocenters.